The largest absolute Gasteiger partial charge is 0.505 e. The van der Waals surface area contributed by atoms with Gasteiger partial charge in [-0.15, -0.1) is 0 Å². The van der Waals surface area contributed by atoms with Gasteiger partial charge in [-0.1, -0.05) is 54.6 Å². The number of phenols is 1. The van der Waals surface area contributed by atoms with E-state index >= 15 is 0 Å². The molecule has 2 N–H and O–H groups in total. The number of aryl methyl sites for hydroxylation is 1. The molecule has 1 atom stereocenters. The molecule has 0 saturated heterocycles. The molecule has 0 aliphatic carbocycles. The fraction of sp³-hybridized carbons (Fsp3) is 0.130. The van der Waals surface area contributed by atoms with Crippen molar-refractivity contribution in [2.75, 3.05) is 0 Å². The van der Waals surface area contributed by atoms with Gasteiger partial charge in [-0.3, -0.25) is 4.98 Å². The standard InChI is InChI=1S/C23H21N3O/c1-16-9-10-18-11-12-20(23(27)22(18)26-16)21(19-8-5-13-24-15-19)25-14-17-6-3-2-4-7-17/h2-13,15,21,25,27H,14H2,1H3. The Balaban J connectivity index is 1.76. The number of pyridine rings is 2. The lowest BCUT2D eigenvalue weighted by molar-refractivity contribution is 0.461. The number of phenolic OH excluding ortho intramolecular Hbond substituents is 1. The molecule has 0 spiro atoms. The first kappa shape index (κ1) is 17.2. The van der Waals surface area contributed by atoms with E-state index in [1.807, 2.05) is 67.7 Å². The monoisotopic (exact) mass is 355 g/mol. The Labute approximate surface area is 158 Å². The molecule has 2 aromatic heterocycles. The predicted octanol–water partition coefficient (Wildman–Crippen LogP) is 4.52. The summed E-state index contributed by atoms with van der Waals surface area (Å²) in [6.07, 6.45) is 3.58. The number of benzene rings is 2. The van der Waals surface area contributed by atoms with Gasteiger partial charge >= 0.3 is 0 Å². The van der Waals surface area contributed by atoms with E-state index in [9.17, 15) is 5.11 Å². The third-order valence-corrected chi connectivity index (χ3v) is 4.69. The second-order valence-electron chi connectivity index (χ2n) is 6.61. The maximum atomic E-state index is 11.0. The van der Waals surface area contributed by atoms with E-state index in [1.165, 1.54) is 5.56 Å². The molecule has 0 fully saturated rings. The molecule has 0 saturated carbocycles. The first-order valence-electron chi connectivity index (χ1n) is 8.99. The summed E-state index contributed by atoms with van der Waals surface area (Å²) in [5.74, 6) is 0.214. The Hall–Kier alpha value is -3.24. The van der Waals surface area contributed by atoms with Gasteiger partial charge in [-0.2, -0.15) is 0 Å². The van der Waals surface area contributed by atoms with Crippen LogP contribution in [-0.4, -0.2) is 15.1 Å². The van der Waals surface area contributed by atoms with Gasteiger partial charge in [0.15, 0.2) is 0 Å². The quantitative estimate of drug-likeness (QED) is 0.552. The first-order valence-corrected chi connectivity index (χ1v) is 8.99. The molecule has 4 nitrogen and oxygen atoms in total. The van der Waals surface area contributed by atoms with Crippen molar-refractivity contribution in [3.63, 3.8) is 0 Å². The molecule has 0 aliphatic rings. The molecule has 4 aromatic rings. The number of fused-ring (bicyclic) bond motifs is 1. The molecule has 0 bridgehead atoms. The average Bonchev–Trinajstić information content (AvgIpc) is 2.71. The van der Waals surface area contributed by atoms with E-state index in [1.54, 1.807) is 6.20 Å². The maximum absolute atomic E-state index is 11.0. The van der Waals surface area contributed by atoms with Crippen molar-refractivity contribution in [3.8, 4) is 5.75 Å². The van der Waals surface area contributed by atoms with E-state index in [2.05, 4.69) is 27.4 Å². The van der Waals surface area contributed by atoms with Crippen LogP contribution in [0.5, 0.6) is 5.75 Å². The zero-order chi connectivity index (χ0) is 18.6. The fourth-order valence-electron chi connectivity index (χ4n) is 3.29. The molecule has 2 aromatic carbocycles. The molecule has 134 valence electrons. The van der Waals surface area contributed by atoms with Crippen LogP contribution < -0.4 is 5.32 Å². The molecular formula is C23H21N3O. The van der Waals surface area contributed by atoms with Gasteiger partial charge in [0.25, 0.3) is 0 Å². The molecule has 2 heterocycles. The normalized spacial score (nSPS) is 12.2. The number of rotatable bonds is 5. The summed E-state index contributed by atoms with van der Waals surface area (Å²) in [6.45, 7) is 2.61. The van der Waals surface area contributed by atoms with Gasteiger partial charge in [-0.05, 0) is 30.2 Å². The van der Waals surface area contributed by atoms with Gasteiger partial charge in [0, 0.05) is 35.6 Å². The molecular weight excluding hydrogens is 334 g/mol. The predicted molar refractivity (Wildman–Crippen MR) is 108 cm³/mol. The van der Waals surface area contributed by atoms with Crippen molar-refractivity contribution in [1.29, 1.82) is 0 Å². The third kappa shape index (κ3) is 3.66. The van der Waals surface area contributed by atoms with Gasteiger partial charge in [0.1, 0.15) is 11.3 Å². The van der Waals surface area contributed by atoms with Crippen LogP contribution in [0.3, 0.4) is 0 Å². The van der Waals surface area contributed by atoms with E-state index in [-0.39, 0.29) is 11.8 Å². The van der Waals surface area contributed by atoms with Crippen molar-refractivity contribution in [2.24, 2.45) is 0 Å². The number of nitrogens with zero attached hydrogens (tertiary/aromatic N) is 2. The van der Waals surface area contributed by atoms with Gasteiger partial charge < -0.3 is 10.4 Å². The van der Waals surface area contributed by atoms with Crippen LogP contribution in [0.4, 0.5) is 0 Å². The van der Waals surface area contributed by atoms with Crippen molar-refractivity contribution >= 4 is 10.9 Å². The highest BCUT2D eigenvalue weighted by Gasteiger charge is 2.20. The second-order valence-corrected chi connectivity index (χ2v) is 6.61. The molecule has 4 heteroatoms. The lowest BCUT2D eigenvalue weighted by atomic mass is 9.97. The SMILES string of the molecule is Cc1ccc2ccc(C(NCc3ccccc3)c3cccnc3)c(O)c2n1. The minimum Gasteiger partial charge on any atom is -0.505 e. The zero-order valence-electron chi connectivity index (χ0n) is 15.1. The summed E-state index contributed by atoms with van der Waals surface area (Å²) in [5, 5.41) is 15.5. The summed E-state index contributed by atoms with van der Waals surface area (Å²) < 4.78 is 0. The smallest absolute Gasteiger partial charge is 0.146 e. The lowest BCUT2D eigenvalue weighted by Crippen LogP contribution is -2.22. The van der Waals surface area contributed by atoms with Crippen LogP contribution in [0.1, 0.15) is 28.4 Å². The van der Waals surface area contributed by atoms with Crippen molar-refractivity contribution in [2.45, 2.75) is 19.5 Å². The molecule has 0 radical (unpaired) electrons. The summed E-state index contributed by atoms with van der Waals surface area (Å²) in [6, 6.07) is 21.9. The van der Waals surface area contributed by atoms with Gasteiger partial charge in [0.05, 0.1) is 6.04 Å². The number of aromatic hydroxyl groups is 1. The molecule has 4 rings (SSSR count). The summed E-state index contributed by atoms with van der Waals surface area (Å²) in [4.78, 5) is 8.79. The minimum absolute atomic E-state index is 0.189. The Bertz CT molecular complexity index is 1050. The molecule has 0 amide bonds. The van der Waals surface area contributed by atoms with Gasteiger partial charge in [0.2, 0.25) is 0 Å². The molecule has 0 aliphatic heterocycles. The Morgan fingerprint density at radius 2 is 1.78 bits per heavy atom. The third-order valence-electron chi connectivity index (χ3n) is 4.69. The fourth-order valence-corrected chi connectivity index (χ4v) is 3.29. The Kier molecular flexibility index (Phi) is 4.81. The van der Waals surface area contributed by atoms with Crippen LogP contribution in [0.25, 0.3) is 10.9 Å². The highest BCUT2D eigenvalue weighted by Crippen LogP contribution is 2.34. The maximum Gasteiger partial charge on any atom is 0.146 e. The van der Waals surface area contributed by atoms with Crippen molar-refractivity contribution in [3.05, 3.63) is 102 Å². The second kappa shape index (κ2) is 7.56. The van der Waals surface area contributed by atoms with Crippen LogP contribution in [0, 0.1) is 6.92 Å². The number of hydrogen-bond acceptors (Lipinski definition) is 4. The van der Waals surface area contributed by atoms with Crippen molar-refractivity contribution in [1.82, 2.24) is 15.3 Å². The Morgan fingerprint density at radius 3 is 2.56 bits per heavy atom. The summed E-state index contributed by atoms with van der Waals surface area (Å²) in [7, 11) is 0. The van der Waals surface area contributed by atoms with Crippen LogP contribution in [0.2, 0.25) is 0 Å². The lowest BCUT2D eigenvalue weighted by Gasteiger charge is -2.21. The van der Waals surface area contributed by atoms with E-state index in [4.69, 9.17) is 0 Å². The van der Waals surface area contributed by atoms with Gasteiger partial charge in [-0.25, -0.2) is 4.98 Å². The topological polar surface area (TPSA) is 58.0 Å². The van der Waals surface area contributed by atoms with E-state index in [0.717, 1.165) is 22.2 Å². The number of aromatic nitrogens is 2. The summed E-state index contributed by atoms with van der Waals surface area (Å²) >= 11 is 0. The van der Waals surface area contributed by atoms with E-state index < -0.39 is 0 Å². The van der Waals surface area contributed by atoms with Crippen LogP contribution >= 0.6 is 0 Å². The Morgan fingerprint density at radius 1 is 0.963 bits per heavy atom. The van der Waals surface area contributed by atoms with E-state index in [0.29, 0.717) is 12.1 Å². The van der Waals surface area contributed by atoms with Crippen LogP contribution in [0.15, 0.2) is 79.1 Å². The zero-order valence-corrected chi connectivity index (χ0v) is 15.1. The molecule has 1 unspecified atom stereocenters. The minimum atomic E-state index is -0.189. The highest BCUT2D eigenvalue weighted by molar-refractivity contribution is 5.86. The number of hydrogen-bond donors (Lipinski definition) is 2. The summed E-state index contributed by atoms with van der Waals surface area (Å²) in [5.41, 5.74) is 4.48. The first-order chi connectivity index (χ1) is 13.2. The van der Waals surface area contributed by atoms with Crippen molar-refractivity contribution < 1.29 is 5.11 Å². The molecule has 27 heavy (non-hydrogen) atoms. The average molecular weight is 355 g/mol. The highest BCUT2D eigenvalue weighted by atomic mass is 16.3. The number of nitrogens with one attached hydrogen (secondary N) is 1. The van der Waals surface area contributed by atoms with Crippen LogP contribution in [-0.2, 0) is 6.54 Å².